The van der Waals surface area contributed by atoms with Gasteiger partial charge in [-0.05, 0) is 48.2 Å². The SMILES string of the molecule is Nc1ccccc1C(=O)N1CCC(O)(Cn2cnc3c(cnn3-c3ccc(-c4ccccc4)cc3)c2=O)CC1. The monoisotopic (exact) mass is 520 g/mol. The molecule has 0 bridgehead atoms. The number of para-hydroxylation sites is 1. The zero-order valence-corrected chi connectivity index (χ0v) is 21.3. The van der Waals surface area contributed by atoms with Gasteiger partial charge in [-0.1, -0.05) is 54.6 Å². The van der Waals surface area contributed by atoms with Crippen LogP contribution in [0.1, 0.15) is 23.2 Å². The highest BCUT2D eigenvalue weighted by atomic mass is 16.3. The molecule has 196 valence electrons. The van der Waals surface area contributed by atoms with E-state index in [0.717, 1.165) is 16.8 Å². The first-order valence-electron chi connectivity index (χ1n) is 12.9. The first-order chi connectivity index (χ1) is 18.9. The molecule has 0 saturated carbocycles. The summed E-state index contributed by atoms with van der Waals surface area (Å²) in [4.78, 5) is 32.4. The van der Waals surface area contributed by atoms with Crippen molar-refractivity contribution in [3.05, 3.63) is 107 Å². The molecule has 1 saturated heterocycles. The lowest BCUT2D eigenvalue weighted by Gasteiger charge is -2.38. The van der Waals surface area contributed by atoms with Crippen LogP contribution in [0.25, 0.3) is 27.8 Å². The van der Waals surface area contributed by atoms with E-state index in [2.05, 4.69) is 22.2 Å². The smallest absolute Gasteiger partial charge is 0.264 e. The number of aliphatic hydroxyl groups is 1. The third-order valence-electron chi connectivity index (χ3n) is 7.41. The van der Waals surface area contributed by atoms with Crippen molar-refractivity contribution in [1.82, 2.24) is 24.2 Å². The van der Waals surface area contributed by atoms with Gasteiger partial charge in [0.15, 0.2) is 5.65 Å². The summed E-state index contributed by atoms with van der Waals surface area (Å²) in [6, 6.07) is 25.0. The van der Waals surface area contributed by atoms with Gasteiger partial charge in [0.2, 0.25) is 0 Å². The van der Waals surface area contributed by atoms with Crippen molar-refractivity contribution in [2.24, 2.45) is 0 Å². The molecule has 0 spiro atoms. The van der Waals surface area contributed by atoms with Crippen LogP contribution in [0.4, 0.5) is 5.69 Å². The molecule has 2 aromatic heterocycles. The van der Waals surface area contributed by atoms with Crippen molar-refractivity contribution in [2.75, 3.05) is 18.8 Å². The molecule has 6 rings (SSSR count). The van der Waals surface area contributed by atoms with Crippen molar-refractivity contribution in [1.29, 1.82) is 0 Å². The summed E-state index contributed by atoms with van der Waals surface area (Å²) in [7, 11) is 0. The summed E-state index contributed by atoms with van der Waals surface area (Å²) in [6.07, 6.45) is 3.65. The number of benzene rings is 3. The molecular formula is C30H28N6O3. The third-order valence-corrected chi connectivity index (χ3v) is 7.41. The van der Waals surface area contributed by atoms with Crippen molar-refractivity contribution >= 4 is 22.6 Å². The van der Waals surface area contributed by atoms with Gasteiger partial charge in [-0.3, -0.25) is 14.2 Å². The summed E-state index contributed by atoms with van der Waals surface area (Å²) >= 11 is 0. The second kappa shape index (κ2) is 9.85. The predicted octanol–water partition coefficient (Wildman–Crippen LogP) is 3.50. The van der Waals surface area contributed by atoms with E-state index in [0.29, 0.717) is 48.2 Å². The molecular weight excluding hydrogens is 492 g/mol. The number of hydrogen-bond acceptors (Lipinski definition) is 6. The number of rotatable bonds is 5. The molecule has 3 heterocycles. The number of piperidine rings is 1. The van der Waals surface area contributed by atoms with Crippen LogP contribution in [0, 0.1) is 0 Å². The third kappa shape index (κ3) is 4.68. The van der Waals surface area contributed by atoms with Crippen LogP contribution in [-0.2, 0) is 6.54 Å². The number of likely N-dealkylation sites (tertiary alicyclic amines) is 1. The Morgan fingerprint density at radius 1 is 0.923 bits per heavy atom. The normalized spacial score (nSPS) is 14.9. The number of fused-ring (bicyclic) bond motifs is 1. The molecule has 1 amide bonds. The van der Waals surface area contributed by atoms with Gasteiger partial charge in [-0.15, -0.1) is 0 Å². The average Bonchev–Trinajstić information content (AvgIpc) is 3.40. The summed E-state index contributed by atoms with van der Waals surface area (Å²) in [5.41, 5.74) is 8.90. The van der Waals surface area contributed by atoms with Crippen molar-refractivity contribution < 1.29 is 9.90 Å². The van der Waals surface area contributed by atoms with E-state index in [4.69, 9.17) is 5.73 Å². The molecule has 0 radical (unpaired) electrons. The topological polar surface area (TPSA) is 119 Å². The summed E-state index contributed by atoms with van der Waals surface area (Å²) < 4.78 is 3.07. The fourth-order valence-corrected chi connectivity index (χ4v) is 5.14. The standard InChI is InChI=1S/C30H28N6O3/c31-26-9-5-4-8-24(26)28(37)34-16-14-30(39,15-17-34)19-35-20-32-27-25(29(35)38)18-33-36(27)23-12-10-22(11-13-23)21-6-2-1-3-7-21/h1-13,18,20,39H,14-17,19,31H2. The minimum absolute atomic E-state index is 0.0846. The molecule has 0 aliphatic carbocycles. The summed E-state index contributed by atoms with van der Waals surface area (Å²) in [5, 5.41) is 16.1. The zero-order valence-electron chi connectivity index (χ0n) is 21.3. The number of hydrogen-bond donors (Lipinski definition) is 2. The van der Waals surface area contributed by atoms with E-state index >= 15 is 0 Å². The maximum atomic E-state index is 13.3. The Labute approximate surface area is 224 Å². The van der Waals surface area contributed by atoms with E-state index < -0.39 is 5.60 Å². The Bertz CT molecular complexity index is 1700. The van der Waals surface area contributed by atoms with Crippen LogP contribution < -0.4 is 11.3 Å². The van der Waals surface area contributed by atoms with Gasteiger partial charge in [-0.2, -0.15) is 5.10 Å². The predicted molar refractivity (Wildman–Crippen MR) is 150 cm³/mol. The van der Waals surface area contributed by atoms with E-state index in [-0.39, 0.29) is 18.0 Å². The van der Waals surface area contributed by atoms with Crippen LogP contribution in [-0.4, -0.2) is 53.9 Å². The Hall–Kier alpha value is -4.76. The van der Waals surface area contributed by atoms with Crippen LogP contribution in [0.3, 0.4) is 0 Å². The molecule has 1 fully saturated rings. The molecule has 3 N–H and O–H groups in total. The number of carbonyl (C=O) groups is 1. The number of anilines is 1. The second-order valence-electron chi connectivity index (χ2n) is 9.99. The highest BCUT2D eigenvalue weighted by molar-refractivity contribution is 5.99. The largest absolute Gasteiger partial charge is 0.398 e. The number of nitrogens with zero attached hydrogens (tertiary/aromatic N) is 5. The summed E-state index contributed by atoms with van der Waals surface area (Å²) in [5.74, 6) is -0.153. The number of aromatic nitrogens is 4. The van der Waals surface area contributed by atoms with Crippen molar-refractivity contribution in [2.45, 2.75) is 25.0 Å². The van der Waals surface area contributed by atoms with Crippen LogP contribution >= 0.6 is 0 Å². The molecule has 0 unspecified atom stereocenters. The maximum Gasteiger partial charge on any atom is 0.264 e. The molecule has 1 aliphatic rings. The Morgan fingerprint density at radius 3 is 2.31 bits per heavy atom. The lowest BCUT2D eigenvalue weighted by molar-refractivity contribution is -0.0299. The van der Waals surface area contributed by atoms with Gasteiger partial charge < -0.3 is 15.7 Å². The van der Waals surface area contributed by atoms with Gasteiger partial charge in [0.25, 0.3) is 11.5 Å². The van der Waals surface area contributed by atoms with Gasteiger partial charge in [0.05, 0.1) is 29.6 Å². The second-order valence-corrected chi connectivity index (χ2v) is 9.99. The minimum Gasteiger partial charge on any atom is -0.398 e. The van der Waals surface area contributed by atoms with E-state index in [1.54, 1.807) is 33.8 Å². The molecule has 9 heteroatoms. The minimum atomic E-state index is -1.14. The quantitative estimate of drug-likeness (QED) is 0.343. The number of amides is 1. The van der Waals surface area contributed by atoms with Crippen molar-refractivity contribution in [3.8, 4) is 16.8 Å². The first kappa shape index (κ1) is 24.6. The fourth-order valence-electron chi connectivity index (χ4n) is 5.14. The first-order valence-corrected chi connectivity index (χ1v) is 12.9. The zero-order chi connectivity index (χ0) is 27.0. The van der Waals surface area contributed by atoms with Gasteiger partial charge in [0, 0.05) is 18.8 Å². The average molecular weight is 521 g/mol. The van der Waals surface area contributed by atoms with Crippen LogP contribution in [0.15, 0.2) is 96.2 Å². The molecule has 9 nitrogen and oxygen atoms in total. The number of nitrogens with two attached hydrogens (primary N) is 1. The highest BCUT2D eigenvalue weighted by Gasteiger charge is 2.35. The molecule has 3 aromatic carbocycles. The molecule has 1 aliphatic heterocycles. The Kier molecular flexibility index (Phi) is 6.20. The molecule has 0 atom stereocenters. The van der Waals surface area contributed by atoms with Crippen LogP contribution in [0.5, 0.6) is 0 Å². The van der Waals surface area contributed by atoms with Crippen LogP contribution in [0.2, 0.25) is 0 Å². The molecule has 5 aromatic rings. The Morgan fingerprint density at radius 2 is 1.59 bits per heavy atom. The van der Waals surface area contributed by atoms with E-state index in [9.17, 15) is 14.7 Å². The number of nitrogen functional groups attached to an aromatic ring is 1. The van der Waals surface area contributed by atoms with Crippen molar-refractivity contribution in [3.63, 3.8) is 0 Å². The van der Waals surface area contributed by atoms with E-state index in [1.807, 2.05) is 42.5 Å². The van der Waals surface area contributed by atoms with E-state index in [1.165, 1.54) is 17.1 Å². The van der Waals surface area contributed by atoms with Gasteiger partial charge in [0.1, 0.15) is 11.7 Å². The highest BCUT2D eigenvalue weighted by Crippen LogP contribution is 2.26. The lowest BCUT2D eigenvalue weighted by atomic mass is 9.90. The molecule has 39 heavy (non-hydrogen) atoms. The Balaban J connectivity index is 1.18. The van der Waals surface area contributed by atoms with Gasteiger partial charge >= 0.3 is 0 Å². The van der Waals surface area contributed by atoms with Gasteiger partial charge in [-0.25, -0.2) is 9.67 Å². The lowest BCUT2D eigenvalue weighted by Crippen LogP contribution is -2.49. The maximum absolute atomic E-state index is 13.3. The number of carbonyl (C=O) groups excluding carboxylic acids is 1. The summed E-state index contributed by atoms with van der Waals surface area (Å²) in [6.45, 7) is 0.817. The fraction of sp³-hybridized carbons (Fsp3) is 0.200.